The average molecular weight is 379 g/mol. The SMILES string of the molecule is Oc1cc(-n2ccnc2)ccc1-c1nnc(C=C2CC3CCC[C@@H](C2)N3)s1. The normalized spacial score (nSPS) is 23.6. The molecule has 1 unspecified atom stereocenters. The van der Waals surface area contributed by atoms with Gasteiger partial charge in [0.2, 0.25) is 0 Å². The first-order valence-electron chi connectivity index (χ1n) is 9.35. The molecule has 0 aliphatic carbocycles. The molecule has 2 aliphatic rings. The van der Waals surface area contributed by atoms with Crippen molar-refractivity contribution in [2.24, 2.45) is 0 Å². The highest BCUT2D eigenvalue weighted by Gasteiger charge is 2.27. The van der Waals surface area contributed by atoms with Crippen LogP contribution in [-0.2, 0) is 0 Å². The van der Waals surface area contributed by atoms with Crippen LogP contribution in [0.25, 0.3) is 22.3 Å². The number of nitrogens with zero attached hydrogens (tertiary/aromatic N) is 4. The third kappa shape index (κ3) is 3.40. The molecule has 2 aliphatic heterocycles. The van der Waals surface area contributed by atoms with Crippen molar-refractivity contribution in [3.05, 3.63) is 47.5 Å². The van der Waals surface area contributed by atoms with Crippen LogP contribution in [0.5, 0.6) is 5.75 Å². The molecule has 27 heavy (non-hydrogen) atoms. The zero-order valence-electron chi connectivity index (χ0n) is 14.9. The highest BCUT2D eigenvalue weighted by Crippen LogP contribution is 2.35. The zero-order valence-corrected chi connectivity index (χ0v) is 15.7. The van der Waals surface area contributed by atoms with Crippen LogP contribution >= 0.6 is 11.3 Å². The van der Waals surface area contributed by atoms with E-state index in [0.717, 1.165) is 28.5 Å². The van der Waals surface area contributed by atoms with Crippen molar-refractivity contribution in [1.29, 1.82) is 0 Å². The highest BCUT2D eigenvalue weighted by molar-refractivity contribution is 7.15. The number of hydrogen-bond donors (Lipinski definition) is 2. The minimum absolute atomic E-state index is 0.202. The van der Waals surface area contributed by atoms with Gasteiger partial charge in [-0.05, 0) is 43.9 Å². The molecule has 0 radical (unpaired) electrons. The summed E-state index contributed by atoms with van der Waals surface area (Å²) in [5, 5.41) is 24.5. The summed E-state index contributed by atoms with van der Waals surface area (Å²) in [6.07, 6.45) is 13.6. The standard InChI is InChI=1S/C20H21N5OS/c26-18-11-16(25-7-6-21-12-25)4-5-17(18)20-24-23-19(27-20)10-13-8-14-2-1-3-15(9-13)22-14/h4-7,10-12,14-15,22,26H,1-3,8-9H2/t14-,15?/m0/s1. The maximum atomic E-state index is 10.5. The largest absolute Gasteiger partial charge is 0.507 e. The van der Waals surface area contributed by atoms with Gasteiger partial charge in [0, 0.05) is 30.5 Å². The third-order valence-electron chi connectivity index (χ3n) is 5.38. The van der Waals surface area contributed by atoms with Gasteiger partial charge in [0.15, 0.2) is 5.01 Å². The molecule has 6 nitrogen and oxygen atoms in total. The lowest BCUT2D eigenvalue weighted by molar-refractivity contribution is 0.283. The molecule has 138 valence electrons. The Bertz CT molecular complexity index is 964. The summed E-state index contributed by atoms with van der Waals surface area (Å²) in [5.41, 5.74) is 3.04. The number of hydrogen-bond acceptors (Lipinski definition) is 6. The van der Waals surface area contributed by atoms with Gasteiger partial charge in [-0.15, -0.1) is 10.2 Å². The highest BCUT2D eigenvalue weighted by atomic mass is 32.1. The molecule has 5 rings (SSSR count). The van der Waals surface area contributed by atoms with Crippen LogP contribution in [-0.4, -0.2) is 36.9 Å². The van der Waals surface area contributed by atoms with Crippen molar-refractivity contribution >= 4 is 17.4 Å². The Morgan fingerprint density at radius 2 is 2.04 bits per heavy atom. The molecule has 7 heteroatoms. The van der Waals surface area contributed by atoms with Crippen molar-refractivity contribution in [2.75, 3.05) is 0 Å². The predicted octanol–water partition coefficient (Wildman–Crippen LogP) is 3.78. The number of aromatic nitrogens is 4. The summed E-state index contributed by atoms with van der Waals surface area (Å²) in [6, 6.07) is 6.80. The van der Waals surface area contributed by atoms with Crippen molar-refractivity contribution in [1.82, 2.24) is 25.1 Å². The first-order valence-corrected chi connectivity index (χ1v) is 10.2. The molecule has 2 fully saturated rings. The smallest absolute Gasteiger partial charge is 0.151 e. The van der Waals surface area contributed by atoms with E-state index in [2.05, 4.69) is 26.6 Å². The predicted molar refractivity (Wildman–Crippen MR) is 106 cm³/mol. The van der Waals surface area contributed by atoms with E-state index in [-0.39, 0.29) is 5.75 Å². The lowest BCUT2D eigenvalue weighted by atomic mass is 9.84. The Morgan fingerprint density at radius 1 is 1.19 bits per heavy atom. The average Bonchev–Trinajstić information content (AvgIpc) is 3.33. The van der Waals surface area contributed by atoms with Crippen molar-refractivity contribution in [3.8, 4) is 22.0 Å². The van der Waals surface area contributed by atoms with Crippen LogP contribution in [0.4, 0.5) is 0 Å². The van der Waals surface area contributed by atoms with Gasteiger partial charge in [-0.3, -0.25) is 0 Å². The molecular weight excluding hydrogens is 358 g/mol. The fraction of sp³-hybridized carbons (Fsp3) is 0.350. The van der Waals surface area contributed by atoms with E-state index in [0.29, 0.717) is 17.6 Å². The van der Waals surface area contributed by atoms with E-state index < -0.39 is 0 Å². The van der Waals surface area contributed by atoms with Crippen LogP contribution in [0.15, 0.2) is 42.5 Å². The monoisotopic (exact) mass is 379 g/mol. The van der Waals surface area contributed by atoms with Crippen molar-refractivity contribution in [2.45, 2.75) is 44.2 Å². The molecule has 0 saturated carbocycles. The van der Waals surface area contributed by atoms with Gasteiger partial charge in [0.05, 0.1) is 17.6 Å². The Kier molecular flexibility index (Phi) is 4.26. The van der Waals surface area contributed by atoms with Gasteiger partial charge >= 0.3 is 0 Å². The first kappa shape index (κ1) is 16.6. The number of piperidine rings is 2. The summed E-state index contributed by atoms with van der Waals surface area (Å²) >= 11 is 1.53. The van der Waals surface area contributed by atoms with Gasteiger partial charge < -0.3 is 15.0 Å². The Balaban J connectivity index is 1.38. The van der Waals surface area contributed by atoms with E-state index in [9.17, 15) is 5.11 Å². The van der Waals surface area contributed by atoms with E-state index in [1.807, 2.05) is 22.9 Å². The van der Waals surface area contributed by atoms with Crippen LogP contribution in [0.3, 0.4) is 0 Å². The van der Waals surface area contributed by atoms with Crippen LogP contribution < -0.4 is 5.32 Å². The summed E-state index contributed by atoms with van der Waals surface area (Å²) in [6.45, 7) is 0. The number of benzene rings is 1. The van der Waals surface area contributed by atoms with Gasteiger partial charge in [-0.1, -0.05) is 23.3 Å². The molecule has 2 bridgehead atoms. The fourth-order valence-corrected chi connectivity index (χ4v) is 4.99. The molecule has 0 amide bonds. The Labute approximate surface area is 161 Å². The second-order valence-corrected chi connectivity index (χ2v) is 8.33. The molecule has 0 spiro atoms. The quantitative estimate of drug-likeness (QED) is 0.724. The van der Waals surface area contributed by atoms with Crippen molar-refractivity contribution < 1.29 is 5.11 Å². The van der Waals surface area contributed by atoms with E-state index >= 15 is 0 Å². The number of imidazole rings is 1. The number of rotatable bonds is 3. The van der Waals surface area contributed by atoms with E-state index in [1.165, 1.54) is 36.2 Å². The van der Waals surface area contributed by atoms with Crippen LogP contribution in [0.1, 0.15) is 37.1 Å². The Morgan fingerprint density at radius 3 is 2.78 bits per heavy atom. The van der Waals surface area contributed by atoms with Gasteiger partial charge in [-0.2, -0.15) is 0 Å². The molecule has 2 N–H and O–H groups in total. The molecule has 1 aromatic carbocycles. The number of nitrogens with one attached hydrogen (secondary N) is 1. The summed E-state index contributed by atoms with van der Waals surface area (Å²) in [4.78, 5) is 4.04. The third-order valence-corrected chi connectivity index (χ3v) is 6.28. The number of phenolic OH excluding ortho intramolecular Hbond substituents is 1. The fourth-order valence-electron chi connectivity index (χ4n) is 4.12. The van der Waals surface area contributed by atoms with Crippen LogP contribution in [0, 0.1) is 0 Å². The summed E-state index contributed by atoms with van der Waals surface area (Å²) < 4.78 is 1.85. The second kappa shape index (κ2) is 6.90. The number of fused-ring (bicyclic) bond motifs is 2. The maximum absolute atomic E-state index is 10.5. The number of aromatic hydroxyl groups is 1. The Hall–Kier alpha value is -2.51. The molecule has 2 saturated heterocycles. The molecule has 2 atom stereocenters. The topological polar surface area (TPSA) is 75.9 Å². The molecule has 3 aromatic rings. The minimum atomic E-state index is 0.202. The molecule has 2 aromatic heterocycles. The maximum Gasteiger partial charge on any atom is 0.151 e. The summed E-state index contributed by atoms with van der Waals surface area (Å²) in [7, 11) is 0. The molecular formula is C20H21N5OS. The van der Waals surface area contributed by atoms with Gasteiger partial charge in [-0.25, -0.2) is 4.98 Å². The summed E-state index contributed by atoms with van der Waals surface area (Å²) in [5.74, 6) is 0.202. The minimum Gasteiger partial charge on any atom is -0.507 e. The lowest BCUT2D eigenvalue weighted by Gasteiger charge is -2.37. The van der Waals surface area contributed by atoms with E-state index in [1.54, 1.807) is 18.6 Å². The van der Waals surface area contributed by atoms with E-state index in [4.69, 9.17) is 0 Å². The number of phenols is 1. The van der Waals surface area contributed by atoms with Crippen molar-refractivity contribution in [3.63, 3.8) is 0 Å². The van der Waals surface area contributed by atoms with Gasteiger partial charge in [0.1, 0.15) is 10.8 Å². The van der Waals surface area contributed by atoms with Crippen LogP contribution in [0.2, 0.25) is 0 Å². The first-order chi connectivity index (χ1) is 13.2. The molecule has 4 heterocycles. The zero-order chi connectivity index (χ0) is 18.2. The van der Waals surface area contributed by atoms with Gasteiger partial charge in [0.25, 0.3) is 0 Å². The second-order valence-electron chi connectivity index (χ2n) is 7.32. The lowest BCUT2D eigenvalue weighted by Crippen LogP contribution is -2.46.